The molecule has 10 rings (SSSR count). The van der Waals surface area contributed by atoms with Gasteiger partial charge in [0.25, 0.3) is 5.78 Å². The summed E-state index contributed by atoms with van der Waals surface area (Å²) in [5, 5.41) is 14.9. The Hall–Kier alpha value is -6.99. The molecule has 0 spiro atoms. The van der Waals surface area contributed by atoms with Gasteiger partial charge in [-0.2, -0.15) is 13.2 Å². The van der Waals surface area contributed by atoms with Crippen LogP contribution < -0.4 is 42.4 Å². The minimum Gasteiger partial charge on any atom is -0.506 e. The zero-order chi connectivity index (χ0) is 53.3. The van der Waals surface area contributed by atoms with Crippen LogP contribution in [0.2, 0.25) is 0 Å². The van der Waals surface area contributed by atoms with Crippen molar-refractivity contribution in [3.8, 4) is 5.75 Å². The van der Waals surface area contributed by atoms with Crippen molar-refractivity contribution >= 4 is 79.9 Å². The van der Waals surface area contributed by atoms with Crippen LogP contribution in [-0.2, 0) is 9.13 Å². The molecule has 0 saturated heterocycles. The zero-order valence-corrected chi connectivity index (χ0v) is 43.6. The number of alkyl halides is 3. The van der Waals surface area contributed by atoms with E-state index in [9.17, 15) is 54.6 Å². The van der Waals surface area contributed by atoms with Crippen LogP contribution in [0, 0.1) is 72.6 Å². The topological polar surface area (TPSA) is 105 Å². The Balaban J connectivity index is 0.000000176. The van der Waals surface area contributed by atoms with Crippen LogP contribution in [0.25, 0.3) is 11.0 Å². The van der Waals surface area contributed by atoms with Gasteiger partial charge in [-0.3, -0.25) is 4.79 Å². The van der Waals surface area contributed by atoms with Crippen molar-refractivity contribution in [1.29, 1.82) is 0 Å². The van der Waals surface area contributed by atoms with E-state index in [1.165, 1.54) is 0 Å². The van der Waals surface area contributed by atoms with Crippen LogP contribution in [0.15, 0.2) is 246 Å². The van der Waals surface area contributed by atoms with Gasteiger partial charge in [0.2, 0.25) is 0 Å². The Morgan fingerprint density at radius 3 is 1.00 bits per heavy atom. The minimum atomic E-state index is -5.47. The molecule has 0 bridgehead atoms. The predicted octanol–water partition coefficient (Wildman–Crippen LogP) is 12.9. The second-order valence-corrected chi connectivity index (χ2v) is 22.0. The largest absolute Gasteiger partial charge is 0.506 e. The van der Waals surface area contributed by atoms with E-state index in [1.807, 2.05) is 182 Å². The Kier molecular flexibility index (Phi) is 18.5. The molecule has 7 nitrogen and oxygen atoms in total. The van der Waals surface area contributed by atoms with Crippen molar-refractivity contribution in [3.63, 3.8) is 0 Å². The summed E-state index contributed by atoms with van der Waals surface area (Å²) in [7, 11) is -5.55. The Morgan fingerprint density at radius 1 is 0.434 bits per heavy atom. The van der Waals surface area contributed by atoms with E-state index in [0.29, 0.717) is 12.1 Å². The number of halogens is 7. The third-order valence-electron chi connectivity index (χ3n) is 11.5. The smallest absolute Gasteiger partial charge is 0.455 e. The van der Waals surface area contributed by atoms with Gasteiger partial charge in [0.15, 0.2) is 19.8 Å². The quantitative estimate of drug-likeness (QED) is 0.0629. The Bertz CT molecular complexity index is 3340. The van der Waals surface area contributed by atoms with Gasteiger partial charge in [-0.15, -0.1) is 0 Å². The number of hydrogen-bond acceptors (Lipinski definition) is 7. The van der Waals surface area contributed by atoms with E-state index < -0.39 is 77.4 Å². The molecule has 76 heavy (non-hydrogen) atoms. The number of Topliss-reactive ketones (excluding diaryl/α,β-unsaturated/α-hetero) is 1. The average molecular weight is 1210 g/mol. The molecule has 0 aliphatic heterocycles. The van der Waals surface area contributed by atoms with Crippen molar-refractivity contribution in [2.45, 2.75) is 6.18 Å². The molecule has 1 N–H and O–H groups in total. The van der Waals surface area contributed by atoms with Crippen molar-refractivity contribution in [1.82, 2.24) is 0 Å². The van der Waals surface area contributed by atoms with E-state index in [2.05, 4.69) is 0 Å². The third kappa shape index (κ3) is 12.6. The zero-order valence-electron chi connectivity index (χ0n) is 39.4. The van der Waals surface area contributed by atoms with E-state index in [-0.39, 0.29) is 66.4 Å². The van der Waals surface area contributed by atoms with E-state index in [4.69, 9.17) is 4.42 Å². The number of rotatable bonds is 10. The molecule has 1 radical (unpaired) electrons. The monoisotopic (exact) mass is 1210 g/mol. The van der Waals surface area contributed by atoms with Crippen LogP contribution in [0.3, 0.4) is 0 Å². The molecule has 0 aliphatic carbocycles. The van der Waals surface area contributed by atoms with Crippen LogP contribution in [0.5, 0.6) is 5.75 Å². The SMILES string of the molecule is O=C(c1c(O)c2ccc(N(c3cc(F)cc(F)c3)c3cc(F)cc(F)c3)cc2oc1=O)C(F)(F)F.O=P(c1ccccc1)(c1ccccc1)c1ccccc1.O=P(c1ccccc1)(c1ccccc1)c1ccccc1.[Eu]. The summed E-state index contributed by atoms with van der Waals surface area (Å²) < 4.78 is 127. The maximum Gasteiger partial charge on any atom is 0.455 e. The van der Waals surface area contributed by atoms with Gasteiger partial charge in [0.05, 0.1) is 16.8 Å². The fourth-order valence-electron chi connectivity index (χ4n) is 8.16. The molecule has 0 aliphatic rings. The summed E-state index contributed by atoms with van der Waals surface area (Å²) >= 11 is 0. The molecule has 0 amide bonds. The second-order valence-electron chi connectivity index (χ2n) is 16.4. The number of carbonyl (C=O) groups excluding carboxylic acids is 1. The number of benzene rings is 9. The molecule has 1 heterocycles. The summed E-state index contributed by atoms with van der Waals surface area (Å²) in [6.07, 6.45) is -5.47. The van der Waals surface area contributed by atoms with E-state index in [0.717, 1.165) is 79.2 Å². The number of ketones is 1. The van der Waals surface area contributed by atoms with Gasteiger partial charge in [-0.25, -0.2) is 22.4 Å². The third-order valence-corrected chi connectivity index (χ3v) is 17.7. The first-order valence-electron chi connectivity index (χ1n) is 22.7. The van der Waals surface area contributed by atoms with Gasteiger partial charge in [-0.1, -0.05) is 182 Å². The molecule has 0 atom stereocenters. The molecule has 17 heteroatoms. The summed E-state index contributed by atoms with van der Waals surface area (Å²) in [5.41, 5.74) is -4.60. The fraction of sp³-hybridized carbons (Fsp3) is 0.0169. The van der Waals surface area contributed by atoms with Crippen LogP contribution in [0.4, 0.5) is 47.8 Å². The number of hydrogen-bond donors (Lipinski definition) is 1. The summed E-state index contributed by atoms with van der Waals surface area (Å²) in [5.74, 6) is -8.08. The molecule has 10 aromatic rings. The Morgan fingerprint density at radius 2 is 0.724 bits per heavy atom. The number of nitrogens with zero attached hydrogens (tertiary/aromatic N) is 1. The normalized spacial score (nSPS) is 11.2. The molecule has 9 aromatic carbocycles. The summed E-state index contributed by atoms with van der Waals surface area (Å²) in [4.78, 5) is 24.6. The average Bonchev–Trinajstić information content (AvgIpc) is 3.41. The molecule has 0 fully saturated rings. The molecule has 0 saturated carbocycles. The molecule has 0 unspecified atom stereocenters. The number of carbonyl (C=O) groups is 1. The van der Waals surface area contributed by atoms with Crippen LogP contribution >= 0.6 is 14.3 Å². The van der Waals surface area contributed by atoms with Crippen molar-refractivity contribution < 1.29 is 104 Å². The first-order chi connectivity index (χ1) is 36.0. The number of aromatic hydroxyl groups is 1. The molecule has 1 aromatic heterocycles. The predicted molar refractivity (Wildman–Crippen MR) is 281 cm³/mol. The first-order valence-corrected chi connectivity index (χ1v) is 26.1. The summed E-state index contributed by atoms with van der Waals surface area (Å²) in [6.45, 7) is 0. The minimum absolute atomic E-state index is 0. The first kappa shape index (κ1) is 56.7. The van der Waals surface area contributed by atoms with Crippen molar-refractivity contribution in [2.24, 2.45) is 0 Å². The van der Waals surface area contributed by atoms with Crippen LogP contribution in [0.1, 0.15) is 10.4 Å². The van der Waals surface area contributed by atoms with Crippen LogP contribution in [-0.4, -0.2) is 17.1 Å². The molecular weight excluding hydrogens is 1170 g/mol. The van der Waals surface area contributed by atoms with E-state index >= 15 is 0 Å². The standard InChI is InChI=1S/C23H10F7NO4.2C18H15OP.Eu/c24-10-3-11(25)6-15(5-10)31(16-7-12(26)4-13(27)8-16)14-1-2-17-18(9-14)35-22(34)19(20(17)32)21(33)23(28,29)30;2*19-20(16-10-4-1-5-11-16,17-12-6-2-7-13-17)18-14-8-3-9-15-18;/h1-9,32H;2*1-15H;. The van der Waals surface area contributed by atoms with E-state index in [1.54, 1.807) is 0 Å². The number of anilines is 3. The maximum absolute atomic E-state index is 13.9. The maximum atomic E-state index is 13.9. The molecular formula is C59H40EuF7NO6P2. The van der Waals surface area contributed by atoms with Crippen molar-refractivity contribution in [2.75, 3.05) is 4.90 Å². The summed E-state index contributed by atoms with van der Waals surface area (Å²) in [6, 6.07) is 65.7. The second kappa shape index (κ2) is 24.8. The van der Waals surface area contributed by atoms with Crippen molar-refractivity contribution in [3.05, 3.63) is 276 Å². The van der Waals surface area contributed by atoms with Gasteiger partial charge in [0.1, 0.15) is 34.6 Å². The van der Waals surface area contributed by atoms with Gasteiger partial charge < -0.3 is 23.6 Å². The van der Waals surface area contributed by atoms with Gasteiger partial charge in [-0.05, 0) is 36.4 Å². The fourth-order valence-corrected chi connectivity index (χ4v) is 13.5. The van der Waals surface area contributed by atoms with Gasteiger partial charge >= 0.3 is 11.8 Å². The Labute approximate surface area is 472 Å². The number of fused-ring (bicyclic) bond motifs is 1. The molecule has 383 valence electrons. The van der Waals surface area contributed by atoms with Gasteiger partial charge in [0, 0.05) is 105 Å².